The number of carbonyl (C=O) groups excluding carboxylic acids is 1. The van der Waals surface area contributed by atoms with Crippen molar-refractivity contribution in [2.45, 2.75) is 6.42 Å². The third-order valence-corrected chi connectivity index (χ3v) is 4.22. The molecule has 0 saturated carbocycles. The largest absolute Gasteiger partial charge is 0.507 e. The Kier molecular flexibility index (Phi) is 5.78. The smallest absolute Gasteiger partial charge is 0.169 e. The minimum atomic E-state index is -0.0890. The van der Waals surface area contributed by atoms with Gasteiger partial charge in [-0.1, -0.05) is 42.5 Å². The van der Waals surface area contributed by atoms with E-state index in [0.29, 0.717) is 27.7 Å². The van der Waals surface area contributed by atoms with Crippen LogP contribution in [0, 0.1) is 0 Å². The van der Waals surface area contributed by atoms with E-state index in [4.69, 9.17) is 17.0 Å². The number of anilines is 1. The molecule has 27 heavy (non-hydrogen) atoms. The summed E-state index contributed by atoms with van der Waals surface area (Å²) in [5.74, 6) is 1.22. The molecular weight excluding hydrogens is 360 g/mol. The molecule has 0 unspecified atom stereocenters. The van der Waals surface area contributed by atoms with Gasteiger partial charge in [-0.3, -0.25) is 4.79 Å². The number of nitrogens with zero attached hydrogens (tertiary/aromatic N) is 1. The molecule has 0 saturated heterocycles. The number of Topliss-reactive ketones (excluding diaryl/α,β-unsaturated/α-hetero) is 1. The van der Waals surface area contributed by atoms with Crippen LogP contribution in [0.5, 0.6) is 11.5 Å². The van der Waals surface area contributed by atoms with Gasteiger partial charge in [0.25, 0.3) is 0 Å². The van der Waals surface area contributed by atoms with Crippen LogP contribution in [0.25, 0.3) is 11.1 Å². The Labute approximate surface area is 162 Å². The van der Waals surface area contributed by atoms with Crippen LogP contribution in [-0.4, -0.2) is 28.0 Å². The number of rotatable bonds is 6. The summed E-state index contributed by atoms with van der Waals surface area (Å²) in [5.41, 5.74) is 2.03. The van der Waals surface area contributed by atoms with Gasteiger partial charge in [0, 0.05) is 23.4 Å². The van der Waals surface area contributed by atoms with Gasteiger partial charge in [0.15, 0.2) is 5.78 Å². The van der Waals surface area contributed by atoms with Crippen LogP contribution in [0.4, 0.5) is 5.82 Å². The first kappa shape index (κ1) is 18.5. The van der Waals surface area contributed by atoms with E-state index in [-0.39, 0.29) is 18.0 Å². The lowest BCUT2D eigenvalue weighted by Crippen LogP contribution is -2.15. The van der Waals surface area contributed by atoms with E-state index < -0.39 is 0 Å². The molecule has 1 heterocycles. The summed E-state index contributed by atoms with van der Waals surface area (Å²) in [6.45, 7) is 0. The number of aromatic nitrogens is 1. The quantitative estimate of drug-likeness (QED) is 0.487. The molecule has 136 valence electrons. The van der Waals surface area contributed by atoms with Gasteiger partial charge in [0.05, 0.1) is 18.5 Å². The zero-order valence-corrected chi connectivity index (χ0v) is 15.5. The van der Waals surface area contributed by atoms with Crippen molar-refractivity contribution in [2.75, 3.05) is 12.4 Å². The minimum absolute atomic E-state index is 0.0890. The fourth-order valence-corrected chi connectivity index (χ4v) is 2.83. The molecule has 0 bridgehead atoms. The lowest BCUT2D eigenvalue weighted by Gasteiger charge is -2.09. The summed E-state index contributed by atoms with van der Waals surface area (Å²) in [7, 11) is 1.54. The number of benzene rings is 2. The average molecular weight is 378 g/mol. The number of hydrogen-bond donors (Lipinski definition) is 2. The van der Waals surface area contributed by atoms with Crippen LogP contribution in [-0.2, 0) is 0 Å². The van der Waals surface area contributed by atoms with Crippen molar-refractivity contribution < 1.29 is 14.6 Å². The van der Waals surface area contributed by atoms with Crippen molar-refractivity contribution in [2.24, 2.45) is 0 Å². The lowest BCUT2D eigenvalue weighted by atomic mass is 10.0. The van der Waals surface area contributed by atoms with E-state index in [1.165, 1.54) is 0 Å². The summed E-state index contributed by atoms with van der Waals surface area (Å²) in [4.78, 5) is 17.0. The van der Waals surface area contributed by atoms with Crippen LogP contribution in [0.3, 0.4) is 0 Å². The van der Waals surface area contributed by atoms with Crippen molar-refractivity contribution in [3.8, 4) is 22.6 Å². The molecule has 0 fully saturated rings. The van der Waals surface area contributed by atoms with Crippen LogP contribution in [0.2, 0.25) is 0 Å². The maximum Gasteiger partial charge on any atom is 0.169 e. The predicted molar refractivity (Wildman–Crippen MR) is 110 cm³/mol. The molecule has 5 nitrogen and oxygen atoms in total. The highest BCUT2D eigenvalue weighted by Crippen LogP contribution is 2.32. The van der Waals surface area contributed by atoms with Gasteiger partial charge < -0.3 is 15.2 Å². The third-order valence-electron chi connectivity index (χ3n) is 3.98. The Bertz CT molecular complexity index is 957. The molecule has 0 amide bonds. The molecule has 0 radical (unpaired) electrons. The number of thiocarbonyl (C=S) groups is 1. The standard InChI is InChI=1S/C21H18N2O3S/c1-26-16-9-10-17(19(25)12-16)14-5-7-15(8-6-14)18(24)13-21(27)23-20-4-2-3-11-22-20/h2-12,25H,13H2,1H3,(H,22,23,27). The number of ketones is 1. The first-order valence-electron chi connectivity index (χ1n) is 8.28. The molecule has 1 aromatic heterocycles. The highest BCUT2D eigenvalue weighted by molar-refractivity contribution is 7.80. The number of pyridine rings is 1. The van der Waals surface area contributed by atoms with E-state index in [0.717, 1.165) is 5.56 Å². The van der Waals surface area contributed by atoms with Crippen molar-refractivity contribution in [3.05, 3.63) is 72.4 Å². The Morgan fingerprint density at radius 1 is 1.15 bits per heavy atom. The highest BCUT2D eigenvalue weighted by atomic mass is 32.1. The van der Waals surface area contributed by atoms with Crippen LogP contribution in [0.15, 0.2) is 66.9 Å². The molecule has 0 aliphatic rings. The second kappa shape index (κ2) is 8.42. The monoisotopic (exact) mass is 378 g/mol. The maximum absolute atomic E-state index is 12.4. The number of phenols is 1. The second-order valence-electron chi connectivity index (χ2n) is 5.82. The summed E-state index contributed by atoms with van der Waals surface area (Å²) < 4.78 is 5.09. The zero-order chi connectivity index (χ0) is 19.2. The first-order chi connectivity index (χ1) is 13.1. The highest BCUT2D eigenvalue weighted by Gasteiger charge is 2.11. The van der Waals surface area contributed by atoms with Crippen molar-refractivity contribution in [3.63, 3.8) is 0 Å². The van der Waals surface area contributed by atoms with Crippen molar-refractivity contribution in [1.82, 2.24) is 4.98 Å². The maximum atomic E-state index is 12.4. The summed E-state index contributed by atoms with van der Waals surface area (Å²) >= 11 is 5.24. The molecular formula is C21H18N2O3S. The third kappa shape index (κ3) is 4.68. The van der Waals surface area contributed by atoms with E-state index in [1.807, 2.05) is 12.1 Å². The summed E-state index contributed by atoms with van der Waals surface area (Å²) in [5, 5.41) is 13.1. The number of ether oxygens (including phenoxy) is 1. The molecule has 0 aliphatic carbocycles. The van der Waals surface area contributed by atoms with Gasteiger partial charge in [0.2, 0.25) is 0 Å². The van der Waals surface area contributed by atoms with Gasteiger partial charge in [-0.05, 0) is 29.8 Å². The van der Waals surface area contributed by atoms with Crippen LogP contribution >= 0.6 is 12.2 Å². The molecule has 0 aliphatic heterocycles. The minimum Gasteiger partial charge on any atom is -0.507 e. The zero-order valence-electron chi connectivity index (χ0n) is 14.7. The number of hydrogen-bond acceptors (Lipinski definition) is 5. The van der Waals surface area contributed by atoms with Crippen molar-refractivity contribution in [1.29, 1.82) is 0 Å². The van der Waals surface area contributed by atoms with Crippen LogP contribution in [0.1, 0.15) is 16.8 Å². The Morgan fingerprint density at radius 2 is 1.93 bits per heavy atom. The molecule has 2 N–H and O–H groups in total. The van der Waals surface area contributed by atoms with Crippen LogP contribution < -0.4 is 10.1 Å². The Morgan fingerprint density at radius 3 is 2.56 bits per heavy atom. The fourth-order valence-electron chi connectivity index (χ4n) is 2.59. The van der Waals surface area contributed by atoms with Gasteiger partial charge in [-0.15, -0.1) is 0 Å². The molecule has 6 heteroatoms. The fraction of sp³-hybridized carbons (Fsp3) is 0.0952. The molecule has 2 aromatic carbocycles. The number of nitrogens with one attached hydrogen (secondary N) is 1. The van der Waals surface area contributed by atoms with Gasteiger partial charge in [0.1, 0.15) is 17.3 Å². The van der Waals surface area contributed by atoms with E-state index in [1.54, 1.807) is 61.8 Å². The number of carbonyl (C=O) groups is 1. The second-order valence-corrected chi connectivity index (χ2v) is 6.32. The van der Waals surface area contributed by atoms with Gasteiger partial charge in [-0.25, -0.2) is 4.98 Å². The Balaban J connectivity index is 1.68. The van der Waals surface area contributed by atoms with E-state index in [2.05, 4.69) is 10.3 Å². The first-order valence-corrected chi connectivity index (χ1v) is 8.69. The normalized spacial score (nSPS) is 10.3. The molecule has 3 aromatic rings. The molecule has 3 rings (SSSR count). The summed E-state index contributed by atoms with van der Waals surface area (Å²) in [6, 6.07) is 17.6. The molecule has 0 spiro atoms. The summed E-state index contributed by atoms with van der Waals surface area (Å²) in [6.07, 6.45) is 1.75. The van der Waals surface area contributed by atoms with Gasteiger partial charge >= 0.3 is 0 Å². The topological polar surface area (TPSA) is 71.5 Å². The van der Waals surface area contributed by atoms with E-state index >= 15 is 0 Å². The average Bonchev–Trinajstić information content (AvgIpc) is 2.68. The number of aromatic hydroxyl groups is 1. The number of phenolic OH excluding ortho intramolecular Hbond substituents is 1. The number of methoxy groups -OCH3 is 1. The van der Waals surface area contributed by atoms with Gasteiger partial charge in [-0.2, -0.15) is 0 Å². The SMILES string of the molecule is COc1ccc(-c2ccc(C(=O)CC(=S)Nc3ccccn3)cc2)c(O)c1. The Hall–Kier alpha value is -3.25. The predicted octanol–water partition coefficient (Wildman–Crippen LogP) is 4.48. The van der Waals surface area contributed by atoms with Crippen molar-refractivity contribution >= 4 is 28.8 Å². The molecule has 0 atom stereocenters. The lowest BCUT2D eigenvalue weighted by molar-refractivity contribution is 0.100. The van der Waals surface area contributed by atoms with E-state index in [9.17, 15) is 9.90 Å².